The number of ether oxygens (including phenoxy) is 3. The Morgan fingerprint density at radius 2 is 2.12 bits per heavy atom. The number of benzene rings is 1. The fourth-order valence-corrected chi connectivity index (χ4v) is 4.00. The van der Waals surface area contributed by atoms with Crippen molar-refractivity contribution in [1.82, 2.24) is 15.3 Å². The maximum absolute atomic E-state index is 12.1. The molecule has 176 valence electrons. The normalized spacial score (nSPS) is 18.5. The summed E-state index contributed by atoms with van der Waals surface area (Å²) in [7, 11) is 1.56. The highest BCUT2D eigenvalue weighted by Gasteiger charge is 2.29. The summed E-state index contributed by atoms with van der Waals surface area (Å²) in [4.78, 5) is 24.0. The molecule has 2 aromatic heterocycles. The van der Waals surface area contributed by atoms with Gasteiger partial charge in [0.15, 0.2) is 0 Å². The molecule has 10 nitrogen and oxygen atoms in total. The van der Waals surface area contributed by atoms with Crippen LogP contribution in [-0.4, -0.2) is 48.0 Å². The monoisotopic (exact) mass is 462 g/mol. The van der Waals surface area contributed by atoms with Gasteiger partial charge in [-0.1, -0.05) is 35.4 Å². The summed E-state index contributed by atoms with van der Waals surface area (Å²) >= 11 is 0. The molecule has 1 aliphatic rings. The maximum atomic E-state index is 12.1. The predicted molar refractivity (Wildman–Crippen MR) is 125 cm³/mol. The van der Waals surface area contributed by atoms with Crippen molar-refractivity contribution in [3.8, 4) is 5.88 Å². The zero-order valence-electron chi connectivity index (χ0n) is 18.8. The number of methoxy groups -OCH3 is 1. The van der Waals surface area contributed by atoms with E-state index in [1.165, 1.54) is 0 Å². The lowest BCUT2D eigenvalue weighted by molar-refractivity contribution is -0.0163. The minimum absolute atomic E-state index is 0.168. The van der Waals surface area contributed by atoms with E-state index in [-0.39, 0.29) is 18.8 Å². The molecule has 10 heteroatoms. The number of amides is 1. The topological polar surface area (TPSA) is 131 Å². The standard InChI is InChI=1S/C24H26N6O4/c1-32-22-10-8-19-23(28-22)17(11-12-26-19)13-20(29-30-25)21-9-7-18(15-33-21)27-24(31)34-14-16-5-3-2-4-6-16/h2-6,8,10-12,18,20-21H,7,9,13-15H2,1H3,(H,27,31)/t18?,20-,21?/m0/s1. The lowest BCUT2D eigenvalue weighted by Crippen LogP contribution is -2.45. The highest BCUT2D eigenvalue weighted by Crippen LogP contribution is 2.25. The first-order valence-corrected chi connectivity index (χ1v) is 11.1. The van der Waals surface area contributed by atoms with Crippen LogP contribution in [0.2, 0.25) is 0 Å². The fraction of sp³-hybridized carbons (Fsp3) is 0.375. The Kier molecular flexibility index (Phi) is 7.75. The second kappa shape index (κ2) is 11.3. The number of alkyl carbamates (subject to hydrolysis) is 1. The molecule has 1 N–H and O–H groups in total. The predicted octanol–water partition coefficient (Wildman–Crippen LogP) is 4.33. The Morgan fingerprint density at radius 1 is 1.26 bits per heavy atom. The average molecular weight is 463 g/mol. The van der Waals surface area contributed by atoms with Gasteiger partial charge in [-0.3, -0.25) is 4.98 Å². The molecule has 1 aliphatic heterocycles. The van der Waals surface area contributed by atoms with E-state index in [1.807, 2.05) is 42.5 Å². The van der Waals surface area contributed by atoms with Gasteiger partial charge >= 0.3 is 6.09 Å². The summed E-state index contributed by atoms with van der Waals surface area (Å²) in [6, 6.07) is 14.4. The second-order valence-electron chi connectivity index (χ2n) is 8.02. The highest BCUT2D eigenvalue weighted by atomic mass is 16.5. The number of pyridine rings is 2. The van der Waals surface area contributed by atoms with Crippen LogP contribution in [0.5, 0.6) is 5.88 Å². The van der Waals surface area contributed by atoms with Crippen molar-refractivity contribution in [3.63, 3.8) is 0 Å². The summed E-state index contributed by atoms with van der Waals surface area (Å²) in [6.45, 7) is 0.520. The number of azide groups is 1. The summed E-state index contributed by atoms with van der Waals surface area (Å²) in [5, 5.41) is 6.85. The van der Waals surface area contributed by atoms with E-state index in [1.54, 1.807) is 19.4 Å². The number of carbonyl (C=O) groups excluding carboxylic acids is 1. The van der Waals surface area contributed by atoms with E-state index in [4.69, 9.17) is 19.7 Å². The molecule has 1 aromatic carbocycles. The van der Waals surface area contributed by atoms with Gasteiger partial charge in [-0.25, -0.2) is 9.78 Å². The first-order chi connectivity index (χ1) is 16.7. The van der Waals surface area contributed by atoms with Gasteiger partial charge in [0.05, 0.1) is 42.9 Å². The molecule has 3 aromatic rings. The van der Waals surface area contributed by atoms with Crippen LogP contribution >= 0.6 is 0 Å². The number of hydrogen-bond donors (Lipinski definition) is 1. The number of carbonyl (C=O) groups is 1. The third-order valence-electron chi connectivity index (χ3n) is 5.76. The lowest BCUT2D eigenvalue weighted by atomic mass is 9.95. The highest BCUT2D eigenvalue weighted by molar-refractivity contribution is 5.78. The molecule has 1 saturated heterocycles. The van der Waals surface area contributed by atoms with E-state index in [9.17, 15) is 4.79 Å². The van der Waals surface area contributed by atoms with Crippen LogP contribution < -0.4 is 10.1 Å². The number of rotatable bonds is 8. The molecule has 3 atom stereocenters. The number of fused-ring (bicyclic) bond motifs is 1. The van der Waals surface area contributed by atoms with E-state index in [0.717, 1.165) is 16.6 Å². The van der Waals surface area contributed by atoms with Crippen molar-refractivity contribution in [2.75, 3.05) is 13.7 Å². The fourth-order valence-electron chi connectivity index (χ4n) is 4.00. The molecule has 1 amide bonds. The summed E-state index contributed by atoms with van der Waals surface area (Å²) in [6.07, 6.45) is 2.72. The average Bonchev–Trinajstić information content (AvgIpc) is 2.88. The van der Waals surface area contributed by atoms with E-state index in [0.29, 0.717) is 37.3 Å². The zero-order chi connectivity index (χ0) is 23.8. The van der Waals surface area contributed by atoms with Crippen LogP contribution in [0, 0.1) is 0 Å². The van der Waals surface area contributed by atoms with Gasteiger partial charge in [-0.05, 0) is 48.1 Å². The smallest absolute Gasteiger partial charge is 0.407 e. The minimum Gasteiger partial charge on any atom is -0.481 e. The van der Waals surface area contributed by atoms with Gasteiger partial charge < -0.3 is 19.5 Å². The maximum Gasteiger partial charge on any atom is 0.407 e. The molecule has 0 bridgehead atoms. The summed E-state index contributed by atoms with van der Waals surface area (Å²) < 4.78 is 16.5. The van der Waals surface area contributed by atoms with Gasteiger partial charge in [-0.2, -0.15) is 0 Å². The summed E-state index contributed by atoms with van der Waals surface area (Å²) in [5.41, 5.74) is 12.4. The molecule has 4 rings (SSSR count). The van der Waals surface area contributed by atoms with Gasteiger partial charge in [0, 0.05) is 17.2 Å². The van der Waals surface area contributed by atoms with Crippen molar-refractivity contribution >= 4 is 17.1 Å². The number of aromatic nitrogens is 2. The van der Waals surface area contributed by atoms with Crippen molar-refractivity contribution < 1.29 is 19.0 Å². The molecule has 0 aliphatic carbocycles. The van der Waals surface area contributed by atoms with Crippen LogP contribution in [-0.2, 0) is 22.5 Å². The molecular weight excluding hydrogens is 436 g/mol. The Bertz CT molecular complexity index is 1160. The van der Waals surface area contributed by atoms with E-state index < -0.39 is 12.1 Å². The van der Waals surface area contributed by atoms with Crippen LogP contribution in [0.15, 0.2) is 59.8 Å². The van der Waals surface area contributed by atoms with Gasteiger partial charge in [0.25, 0.3) is 0 Å². The Morgan fingerprint density at radius 3 is 2.85 bits per heavy atom. The first-order valence-electron chi connectivity index (χ1n) is 11.1. The molecule has 34 heavy (non-hydrogen) atoms. The Balaban J connectivity index is 1.34. The molecule has 0 radical (unpaired) electrons. The molecule has 3 heterocycles. The number of nitrogens with one attached hydrogen (secondary N) is 1. The largest absolute Gasteiger partial charge is 0.481 e. The van der Waals surface area contributed by atoms with Crippen LogP contribution in [0.1, 0.15) is 24.0 Å². The van der Waals surface area contributed by atoms with Crippen molar-refractivity contribution in [3.05, 3.63) is 76.3 Å². The SMILES string of the molecule is COc1ccc2nccc(C[C@H](N=[N+]=[N-])C3CCC(NC(=O)OCc4ccccc4)CO3)c2n1. The molecule has 0 saturated carbocycles. The quantitative estimate of drug-likeness (QED) is 0.301. The van der Waals surface area contributed by atoms with Gasteiger partial charge in [0.2, 0.25) is 5.88 Å². The van der Waals surface area contributed by atoms with Gasteiger partial charge in [0.1, 0.15) is 6.61 Å². The van der Waals surface area contributed by atoms with Crippen LogP contribution in [0.4, 0.5) is 4.79 Å². The molecule has 2 unspecified atom stereocenters. The number of nitrogens with zero attached hydrogens (tertiary/aromatic N) is 5. The molecular formula is C24H26N6O4. The number of hydrogen-bond acceptors (Lipinski definition) is 7. The first kappa shape index (κ1) is 23.3. The second-order valence-corrected chi connectivity index (χ2v) is 8.02. The Hall–Kier alpha value is -3.88. The van der Waals surface area contributed by atoms with Crippen LogP contribution in [0.25, 0.3) is 21.5 Å². The molecule has 0 spiro atoms. The molecule has 1 fully saturated rings. The Labute approximate surface area is 196 Å². The van der Waals surface area contributed by atoms with Crippen molar-refractivity contribution in [2.45, 2.75) is 44.1 Å². The van der Waals surface area contributed by atoms with Crippen molar-refractivity contribution in [2.24, 2.45) is 5.11 Å². The van der Waals surface area contributed by atoms with E-state index in [2.05, 4.69) is 25.3 Å². The minimum atomic E-state index is -0.481. The van der Waals surface area contributed by atoms with Crippen molar-refractivity contribution in [1.29, 1.82) is 0 Å². The van der Waals surface area contributed by atoms with E-state index >= 15 is 0 Å². The van der Waals surface area contributed by atoms with Gasteiger partial charge in [-0.15, -0.1) is 0 Å². The lowest BCUT2D eigenvalue weighted by Gasteiger charge is -2.32. The van der Waals surface area contributed by atoms with Crippen LogP contribution in [0.3, 0.4) is 0 Å². The zero-order valence-corrected chi connectivity index (χ0v) is 18.8. The third-order valence-corrected chi connectivity index (χ3v) is 5.76. The summed E-state index contributed by atoms with van der Waals surface area (Å²) in [5.74, 6) is 0.490. The third kappa shape index (κ3) is 5.92.